The standard InChI is InChI=1S/C16H18N4O3/c21-15(14-8-18-11-19-14)20-5-3-16(10-20)6-13(9-22-16)23-12-2-1-4-17-7-12/h1-2,4,7-8,11,13H,3,5-6,9-10H2,(H,18,19)/t13-,16-/m1/s1. The molecule has 4 heterocycles. The SMILES string of the molecule is O=C(c1cnc[nH]1)N1CC[C@@]2(C[C@@H](Oc3cccnc3)CO2)C1. The lowest BCUT2D eigenvalue weighted by molar-refractivity contribution is 0.00989. The molecule has 7 nitrogen and oxygen atoms in total. The zero-order valence-corrected chi connectivity index (χ0v) is 12.6. The highest BCUT2D eigenvalue weighted by atomic mass is 16.6. The summed E-state index contributed by atoms with van der Waals surface area (Å²) in [6.07, 6.45) is 8.11. The van der Waals surface area contributed by atoms with Crippen LogP contribution in [0.2, 0.25) is 0 Å². The van der Waals surface area contributed by atoms with Crippen molar-refractivity contribution in [2.24, 2.45) is 0 Å². The second kappa shape index (κ2) is 5.66. The highest BCUT2D eigenvalue weighted by Gasteiger charge is 2.47. The number of imidazole rings is 1. The molecule has 1 amide bonds. The van der Waals surface area contributed by atoms with Gasteiger partial charge in [0.1, 0.15) is 17.5 Å². The van der Waals surface area contributed by atoms with E-state index in [1.54, 1.807) is 18.6 Å². The van der Waals surface area contributed by atoms with Crippen LogP contribution >= 0.6 is 0 Å². The minimum absolute atomic E-state index is 0.00130. The molecule has 0 aromatic carbocycles. The van der Waals surface area contributed by atoms with E-state index in [2.05, 4.69) is 15.0 Å². The third-order valence-corrected chi connectivity index (χ3v) is 4.44. The molecule has 120 valence electrons. The Morgan fingerprint density at radius 3 is 3.17 bits per heavy atom. The van der Waals surface area contributed by atoms with Gasteiger partial charge in [-0.1, -0.05) is 0 Å². The Hall–Kier alpha value is -2.41. The Bertz CT molecular complexity index is 676. The van der Waals surface area contributed by atoms with Crippen molar-refractivity contribution in [2.45, 2.75) is 24.5 Å². The summed E-state index contributed by atoms with van der Waals surface area (Å²) in [6.45, 7) is 1.83. The normalized spacial score (nSPS) is 26.8. The molecule has 2 saturated heterocycles. The molecular formula is C16H18N4O3. The fourth-order valence-corrected chi connectivity index (χ4v) is 3.33. The number of hydrogen-bond acceptors (Lipinski definition) is 5. The first kappa shape index (κ1) is 14.2. The number of carbonyl (C=O) groups excluding carboxylic acids is 1. The van der Waals surface area contributed by atoms with Crippen LogP contribution in [0, 0.1) is 0 Å². The molecule has 2 aliphatic heterocycles. The minimum atomic E-state index is -0.289. The summed E-state index contributed by atoms with van der Waals surface area (Å²) >= 11 is 0. The van der Waals surface area contributed by atoms with Gasteiger partial charge in [0.05, 0.1) is 37.5 Å². The number of hydrogen-bond donors (Lipinski definition) is 1. The molecule has 2 aliphatic rings. The van der Waals surface area contributed by atoms with E-state index in [1.807, 2.05) is 17.0 Å². The number of aromatic amines is 1. The summed E-state index contributed by atoms with van der Waals surface area (Å²) in [5, 5.41) is 0. The van der Waals surface area contributed by atoms with Crippen molar-refractivity contribution in [1.82, 2.24) is 19.9 Å². The quantitative estimate of drug-likeness (QED) is 0.922. The molecular weight excluding hydrogens is 296 g/mol. The van der Waals surface area contributed by atoms with Crippen LogP contribution in [0.4, 0.5) is 0 Å². The molecule has 0 unspecified atom stereocenters. The van der Waals surface area contributed by atoms with Crippen molar-refractivity contribution >= 4 is 5.91 Å². The van der Waals surface area contributed by atoms with E-state index in [0.717, 1.165) is 18.6 Å². The highest BCUT2D eigenvalue weighted by molar-refractivity contribution is 5.92. The highest BCUT2D eigenvalue weighted by Crippen LogP contribution is 2.36. The molecule has 1 N–H and O–H groups in total. The van der Waals surface area contributed by atoms with Gasteiger partial charge < -0.3 is 19.4 Å². The van der Waals surface area contributed by atoms with Crippen molar-refractivity contribution < 1.29 is 14.3 Å². The first-order valence-electron chi connectivity index (χ1n) is 7.72. The number of carbonyl (C=O) groups is 1. The first-order chi connectivity index (χ1) is 11.2. The molecule has 7 heteroatoms. The van der Waals surface area contributed by atoms with E-state index >= 15 is 0 Å². The molecule has 2 fully saturated rings. The Balaban J connectivity index is 1.38. The van der Waals surface area contributed by atoms with E-state index in [4.69, 9.17) is 9.47 Å². The third kappa shape index (κ3) is 2.79. The summed E-state index contributed by atoms with van der Waals surface area (Å²) < 4.78 is 11.9. The van der Waals surface area contributed by atoms with Gasteiger partial charge in [-0.15, -0.1) is 0 Å². The fraction of sp³-hybridized carbons (Fsp3) is 0.438. The van der Waals surface area contributed by atoms with Gasteiger partial charge in [0.2, 0.25) is 0 Å². The van der Waals surface area contributed by atoms with Gasteiger partial charge in [0.15, 0.2) is 0 Å². The van der Waals surface area contributed by atoms with E-state index in [9.17, 15) is 4.79 Å². The van der Waals surface area contributed by atoms with Crippen LogP contribution in [0.25, 0.3) is 0 Å². The van der Waals surface area contributed by atoms with Gasteiger partial charge in [0, 0.05) is 19.2 Å². The van der Waals surface area contributed by atoms with E-state index in [0.29, 0.717) is 25.4 Å². The van der Waals surface area contributed by atoms with Crippen LogP contribution in [0.3, 0.4) is 0 Å². The number of rotatable bonds is 3. The van der Waals surface area contributed by atoms with E-state index in [-0.39, 0.29) is 17.6 Å². The maximum atomic E-state index is 12.4. The van der Waals surface area contributed by atoms with Crippen molar-refractivity contribution in [3.8, 4) is 5.75 Å². The van der Waals surface area contributed by atoms with Gasteiger partial charge in [-0.05, 0) is 18.6 Å². The molecule has 1 spiro atoms. The van der Waals surface area contributed by atoms with Crippen LogP contribution in [0.15, 0.2) is 37.1 Å². The number of pyridine rings is 1. The summed E-state index contributed by atoms with van der Waals surface area (Å²) in [5.74, 6) is 0.723. The number of nitrogens with zero attached hydrogens (tertiary/aromatic N) is 3. The van der Waals surface area contributed by atoms with Crippen LogP contribution in [-0.4, -0.2) is 57.2 Å². The number of nitrogens with one attached hydrogen (secondary N) is 1. The maximum absolute atomic E-state index is 12.4. The lowest BCUT2D eigenvalue weighted by atomic mass is 9.98. The van der Waals surface area contributed by atoms with E-state index in [1.165, 1.54) is 6.33 Å². The molecule has 0 radical (unpaired) electrons. The Labute approximate surface area is 133 Å². The first-order valence-corrected chi connectivity index (χ1v) is 7.72. The van der Waals surface area contributed by atoms with Gasteiger partial charge >= 0.3 is 0 Å². The average molecular weight is 314 g/mol. The number of amides is 1. The Kier molecular flexibility index (Phi) is 3.49. The lowest BCUT2D eigenvalue weighted by Gasteiger charge is -2.23. The fourth-order valence-electron chi connectivity index (χ4n) is 3.33. The predicted octanol–water partition coefficient (Wildman–Crippen LogP) is 1.26. The molecule has 0 saturated carbocycles. The molecule has 2 aromatic heterocycles. The monoisotopic (exact) mass is 314 g/mol. The summed E-state index contributed by atoms with van der Waals surface area (Å²) in [5.41, 5.74) is 0.228. The molecule has 0 aliphatic carbocycles. The zero-order valence-electron chi connectivity index (χ0n) is 12.6. The number of H-pyrrole nitrogens is 1. The molecule has 0 bridgehead atoms. The minimum Gasteiger partial charge on any atom is -0.486 e. The molecule has 2 aromatic rings. The zero-order chi connectivity index (χ0) is 15.7. The van der Waals surface area contributed by atoms with Crippen molar-refractivity contribution in [2.75, 3.05) is 19.7 Å². The Morgan fingerprint density at radius 1 is 1.43 bits per heavy atom. The smallest absolute Gasteiger partial charge is 0.272 e. The maximum Gasteiger partial charge on any atom is 0.272 e. The van der Waals surface area contributed by atoms with Gasteiger partial charge in [-0.25, -0.2) is 4.98 Å². The second-order valence-electron chi connectivity index (χ2n) is 6.07. The molecule has 2 atom stereocenters. The summed E-state index contributed by atoms with van der Waals surface area (Å²) in [7, 11) is 0. The van der Waals surface area contributed by atoms with Crippen molar-refractivity contribution in [1.29, 1.82) is 0 Å². The summed E-state index contributed by atoms with van der Waals surface area (Å²) in [6, 6.07) is 3.74. The number of ether oxygens (including phenoxy) is 2. The largest absolute Gasteiger partial charge is 0.486 e. The molecule has 23 heavy (non-hydrogen) atoms. The lowest BCUT2D eigenvalue weighted by Crippen LogP contribution is -2.36. The molecule has 4 rings (SSSR count). The van der Waals surface area contributed by atoms with Crippen molar-refractivity contribution in [3.63, 3.8) is 0 Å². The predicted molar refractivity (Wildman–Crippen MR) is 81.1 cm³/mol. The Morgan fingerprint density at radius 2 is 2.39 bits per heavy atom. The third-order valence-electron chi connectivity index (χ3n) is 4.44. The second-order valence-corrected chi connectivity index (χ2v) is 6.07. The topological polar surface area (TPSA) is 80.3 Å². The van der Waals surface area contributed by atoms with Crippen LogP contribution in [-0.2, 0) is 4.74 Å². The van der Waals surface area contributed by atoms with Gasteiger partial charge in [0.25, 0.3) is 5.91 Å². The van der Waals surface area contributed by atoms with Crippen molar-refractivity contribution in [3.05, 3.63) is 42.7 Å². The van der Waals surface area contributed by atoms with E-state index < -0.39 is 0 Å². The number of aromatic nitrogens is 3. The average Bonchev–Trinajstić information content (AvgIpc) is 3.31. The van der Waals surface area contributed by atoms with Gasteiger partial charge in [-0.2, -0.15) is 0 Å². The number of likely N-dealkylation sites (tertiary alicyclic amines) is 1. The van der Waals surface area contributed by atoms with Crippen LogP contribution < -0.4 is 4.74 Å². The van der Waals surface area contributed by atoms with Crippen LogP contribution in [0.5, 0.6) is 5.75 Å². The summed E-state index contributed by atoms with van der Waals surface area (Å²) in [4.78, 5) is 25.0. The van der Waals surface area contributed by atoms with Crippen LogP contribution in [0.1, 0.15) is 23.3 Å². The van der Waals surface area contributed by atoms with Gasteiger partial charge in [-0.3, -0.25) is 9.78 Å².